The lowest BCUT2D eigenvalue weighted by Gasteiger charge is -2.05. The van der Waals surface area contributed by atoms with E-state index in [4.69, 9.17) is 5.73 Å². The molecule has 0 amide bonds. The van der Waals surface area contributed by atoms with Gasteiger partial charge in [-0.2, -0.15) is 0 Å². The van der Waals surface area contributed by atoms with E-state index >= 15 is 0 Å². The largest absolute Gasteiger partial charge is 0.505 e. The fourth-order valence-corrected chi connectivity index (χ4v) is 2.04. The van der Waals surface area contributed by atoms with Crippen molar-refractivity contribution in [3.05, 3.63) is 28.1 Å². The molecule has 13 heavy (non-hydrogen) atoms. The van der Waals surface area contributed by atoms with Gasteiger partial charge >= 0.3 is 0 Å². The summed E-state index contributed by atoms with van der Waals surface area (Å²) in [5.41, 5.74) is 6.00. The van der Waals surface area contributed by atoms with E-state index in [2.05, 4.69) is 27.6 Å². The highest BCUT2D eigenvalue weighted by molar-refractivity contribution is 14.1. The summed E-state index contributed by atoms with van der Waals surface area (Å²) in [6.07, 6.45) is 3.31. The first kappa shape index (κ1) is 8.55. The van der Waals surface area contributed by atoms with Crippen molar-refractivity contribution in [2.24, 2.45) is 0 Å². The van der Waals surface area contributed by atoms with Gasteiger partial charge in [-0.3, -0.25) is 4.98 Å². The van der Waals surface area contributed by atoms with Gasteiger partial charge in [0.2, 0.25) is 0 Å². The molecule has 0 aliphatic carbocycles. The molecule has 4 heteroatoms. The summed E-state index contributed by atoms with van der Waals surface area (Å²) in [5.74, 6) is 0.114. The molecule has 0 bridgehead atoms. The molecule has 3 nitrogen and oxygen atoms in total. The zero-order valence-corrected chi connectivity index (χ0v) is 8.82. The van der Waals surface area contributed by atoms with Gasteiger partial charge in [0.05, 0.1) is 5.69 Å². The van der Waals surface area contributed by atoms with Crippen LogP contribution < -0.4 is 5.73 Å². The fraction of sp³-hybridized carbons (Fsp3) is 0. The molecule has 0 aliphatic heterocycles. The van der Waals surface area contributed by atoms with E-state index in [9.17, 15) is 5.11 Å². The summed E-state index contributed by atoms with van der Waals surface area (Å²) < 4.78 is 1.02. The number of nitrogen functional groups attached to an aromatic ring is 1. The van der Waals surface area contributed by atoms with Crippen molar-refractivity contribution in [3.8, 4) is 5.75 Å². The van der Waals surface area contributed by atoms with E-state index in [-0.39, 0.29) is 5.75 Å². The van der Waals surface area contributed by atoms with E-state index in [1.54, 1.807) is 18.5 Å². The quantitative estimate of drug-likeness (QED) is 0.443. The Bertz CT molecular complexity index is 470. The monoisotopic (exact) mass is 286 g/mol. The molecule has 0 atom stereocenters. The maximum absolute atomic E-state index is 9.61. The molecule has 2 rings (SSSR count). The van der Waals surface area contributed by atoms with E-state index in [1.807, 2.05) is 6.07 Å². The van der Waals surface area contributed by atoms with Crippen LogP contribution in [0.15, 0.2) is 24.5 Å². The Morgan fingerprint density at radius 1 is 1.38 bits per heavy atom. The molecule has 0 saturated carbocycles. The second-order valence-corrected chi connectivity index (χ2v) is 3.88. The minimum absolute atomic E-state index is 0.114. The van der Waals surface area contributed by atoms with Crippen molar-refractivity contribution in [2.45, 2.75) is 0 Å². The molecule has 2 aromatic rings. The standard InChI is InChI=1S/C9H7IN2O/c10-7-3-8(11)9(13)6-4-12-2-1-5(6)7/h1-4,13H,11H2. The van der Waals surface area contributed by atoms with Gasteiger partial charge in [-0.25, -0.2) is 0 Å². The van der Waals surface area contributed by atoms with Gasteiger partial charge in [0.25, 0.3) is 0 Å². The molecule has 1 aromatic carbocycles. The number of benzene rings is 1. The van der Waals surface area contributed by atoms with E-state index in [0.717, 1.165) is 8.96 Å². The minimum Gasteiger partial charge on any atom is -0.505 e. The number of pyridine rings is 1. The van der Waals surface area contributed by atoms with Crippen molar-refractivity contribution in [1.29, 1.82) is 0 Å². The van der Waals surface area contributed by atoms with Crippen LogP contribution in [0.5, 0.6) is 5.75 Å². The number of nitrogens with two attached hydrogens (primary N) is 1. The van der Waals surface area contributed by atoms with Crippen molar-refractivity contribution >= 4 is 39.1 Å². The Kier molecular flexibility index (Phi) is 1.99. The number of phenols is 1. The van der Waals surface area contributed by atoms with Gasteiger partial charge in [0.15, 0.2) is 0 Å². The maximum Gasteiger partial charge on any atom is 0.147 e. The van der Waals surface area contributed by atoms with Gasteiger partial charge in [0, 0.05) is 26.7 Å². The first-order valence-electron chi connectivity index (χ1n) is 3.71. The molecule has 1 heterocycles. The van der Waals surface area contributed by atoms with E-state index < -0.39 is 0 Å². The third kappa shape index (κ3) is 1.31. The van der Waals surface area contributed by atoms with Crippen LogP contribution in [0.4, 0.5) is 5.69 Å². The Morgan fingerprint density at radius 2 is 2.15 bits per heavy atom. The average molecular weight is 286 g/mol. The molecule has 0 fully saturated rings. The Hall–Kier alpha value is -1.04. The van der Waals surface area contributed by atoms with E-state index in [0.29, 0.717) is 11.1 Å². The summed E-state index contributed by atoms with van der Waals surface area (Å²) in [6, 6.07) is 3.61. The number of aromatic hydroxyl groups is 1. The summed E-state index contributed by atoms with van der Waals surface area (Å²) in [7, 11) is 0. The Labute approximate surface area is 88.7 Å². The van der Waals surface area contributed by atoms with Gasteiger partial charge in [-0.05, 0) is 34.7 Å². The number of fused-ring (bicyclic) bond motifs is 1. The van der Waals surface area contributed by atoms with Crippen LogP contribution in [-0.4, -0.2) is 10.1 Å². The van der Waals surface area contributed by atoms with Crippen LogP contribution in [0.25, 0.3) is 10.8 Å². The molecule has 0 saturated heterocycles. The maximum atomic E-state index is 9.61. The normalized spacial score (nSPS) is 10.5. The Morgan fingerprint density at radius 3 is 2.92 bits per heavy atom. The van der Waals surface area contributed by atoms with Crippen molar-refractivity contribution in [3.63, 3.8) is 0 Å². The SMILES string of the molecule is Nc1cc(I)c2ccncc2c1O. The molecule has 0 aliphatic rings. The van der Waals surface area contributed by atoms with Crippen molar-refractivity contribution in [2.75, 3.05) is 5.73 Å². The number of anilines is 1. The highest BCUT2D eigenvalue weighted by atomic mass is 127. The lowest BCUT2D eigenvalue weighted by Crippen LogP contribution is -1.89. The molecule has 1 aromatic heterocycles. The topological polar surface area (TPSA) is 59.1 Å². The number of rotatable bonds is 0. The molecule has 66 valence electrons. The number of halogens is 1. The summed E-state index contributed by atoms with van der Waals surface area (Å²) in [6.45, 7) is 0. The number of phenolic OH excluding ortho intramolecular Hbond substituents is 1. The van der Waals surface area contributed by atoms with Gasteiger partial charge in [0.1, 0.15) is 5.75 Å². The average Bonchev–Trinajstić information content (AvgIpc) is 2.15. The summed E-state index contributed by atoms with van der Waals surface area (Å²) in [4.78, 5) is 3.94. The second kappa shape index (κ2) is 3.02. The molecule has 0 unspecified atom stereocenters. The van der Waals surface area contributed by atoms with Crippen LogP contribution >= 0.6 is 22.6 Å². The number of nitrogens with zero attached hydrogens (tertiary/aromatic N) is 1. The Balaban J connectivity index is 2.97. The zero-order valence-electron chi connectivity index (χ0n) is 6.66. The molecule has 0 radical (unpaired) electrons. The molecule has 3 N–H and O–H groups in total. The lowest BCUT2D eigenvalue weighted by molar-refractivity contribution is 0.484. The zero-order chi connectivity index (χ0) is 9.42. The first-order chi connectivity index (χ1) is 6.20. The third-order valence-corrected chi connectivity index (χ3v) is 2.78. The highest BCUT2D eigenvalue weighted by Crippen LogP contribution is 2.33. The molecule has 0 spiro atoms. The first-order valence-corrected chi connectivity index (χ1v) is 4.78. The predicted molar refractivity (Wildman–Crippen MR) is 60.5 cm³/mol. The smallest absolute Gasteiger partial charge is 0.147 e. The van der Waals surface area contributed by atoms with Crippen LogP contribution in [0.1, 0.15) is 0 Å². The second-order valence-electron chi connectivity index (χ2n) is 2.72. The minimum atomic E-state index is 0.114. The van der Waals surface area contributed by atoms with Crippen LogP contribution in [0, 0.1) is 3.57 Å². The molecular weight excluding hydrogens is 279 g/mol. The lowest BCUT2D eigenvalue weighted by atomic mass is 10.1. The number of hydrogen-bond donors (Lipinski definition) is 2. The van der Waals surface area contributed by atoms with Crippen molar-refractivity contribution in [1.82, 2.24) is 4.98 Å². The van der Waals surface area contributed by atoms with Gasteiger partial charge in [-0.15, -0.1) is 0 Å². The summed E-state index contributed by atoms with van der Waals surface area (Å²) in [5, 5.41) is 11.3. The van der Waals surface area contributed by atoms with Gasteiger partial charge in [-0.1, -0.05) is 0 Å². The van der Waals surface area contributed by atoms with Crippen LogP contribution in [0.3, 0.4) is 0 Å². The molecular formula is C9H7IN2O. The van der Waals surface area contributed by atoms with Crippen LogP contribution in [-0.2, 0) is 0 Å². The predicted octanol–water partition coefficient (Wildman–Crippen LogP) is 2.13. The van der Waals surface area contributed by atoms with Crippen LogP contribution in [0.2, 0.25) is 0 Å². The number of hydrogen-bond acceptors (Lipinski definition) is 3. The fourth-order valence-electron chi connectivity index (χ4n) is 1.23. The highest BCUT2D eigenvalue weighted by Gasteiger charge is 2.06. The van der Waals surface area contributed by atoms with E-state index in [1.165, 1.54) is 0 Å². The summed E-state index contributed by atoms with van der Waals surface area (Å²) >= 11 is 2.18. The van der Waals surface area contributed by atoms with Gasteiger partial charge < -0.3 is 10.8 Å². The van der Waals surface area contributed by atoms with Crippen molar-refractivity contribution < 1.29 is 5.11 Å². The third-order valence-electron chi connectivity index (χ3n) is 1.89. The number of aromatic nitrogens is 1.